The van der Waals surface area contributed by atoms with Gasteiger partial charge >= 0.3 is 0 Å². The Labute approximate surface area is 98.6 Å². The van der Waals surface area contributed by atoms with E-state index in [0.717, 1.165) is 18.9 Å². The first-order valence-corrected chi connectivity index (χ1v) is 6.65. The molecule has 1 aliphatic heterocycles. The predicted octanol–water partition coefficient (Wildman–Crippen LogP) is 2.12. The van der Waals surface area contributed by atoms with Crippen LogP contribution < -0.4 is 5.32 Å². The third kappa shape index (κ3) is 1.97. The summed E-state index contributed by atoms with van der Waals surface area (Å²) >= 11 is 0. The van der Waals surface area contributed by atoms with E-state index in [1.54, 1.807) is 0 Å². The molecule has 0 aromatic rings. The van der Waals surface area contributed by atoms with Gasteiger partial charge in [0.05, 0.1) is 11.7 Å². The third-order valence-corrected chi connectivity index (χ3v) is 4.36. The standard InChI is InChI=1S/C13H24N2O/c1-4-13(3)12(16)15(10(2)14-13)9-11-7-5-6-8-11/h10-11,14H,4-9H2,1-3H3. The zero-order valence-electron chi connectivity index (χ0n) is 10.8. The van der Waals surface area contributed by atoms with E-state index >= 15 is 0 Å². The minimum atomic E-state index is -0.321. The van der Waals surface area contributed by atoms with E-state index in [1.165, 1.54) is 25.7 Å². The Morgan fingerprint density at radius 2 is 2.06 bits per heavy atom. The van der Waals surface area contributed by atoms with Crippen molar-refractivity contribution in [2.45, 2.75) is 64.6 Å². The summed E-state index contributed by atoms with van der Waals surface area (Å²) in [7, 11) is 0. The van der Waals surface area contributed by atoms with Crippen molar-refractivity contribution in [3.63, 3.8) is 0 Å². The minimum absolute atomic E-state index is 0.207. The van der Waals surface area contributed by atoms with Gasteiger partial charge < -0.3 is 4.90 Å². The van der Waals surface area contributed by atoms with Gasteiger partial charge in [0.1, 0.15) is 0 Å². The van der Waals surface area contributed by atoms with Crippen molar-refractivity contribution in [3.05, 3.63) is 0 Å². The summed E-state index contributed by atoms with van der Waals surface area (Å²) in [5, 5.41) is 3.43. The number of rotatable bonds is 3. The van der Waals surface area contributed by atoms with Gasteiger partial charge in [-0.25, -0.2) is 0 Å². The summed E-state index contributed by atoms with van der Waals surface area (Å²) in [6.07, 6.45) is 6.38. The normalized spacial score (nSPS) is 36.3. The molecule has 2 aliphatic rings. The van der Waals surface area contributed by atoms with Gasteiger partial charge in [0, 0.05) is 6.54 Å². The summed E-state index contributed by atoms with van der Waals surface area (Å²) in [5.41, 5.74) is -0.321. The predicted molar refractivity (Wildman–Crippen MR) is 65.0 cm³/mol. The summed E-state index contributed by atoms with van der Waals surface area (Å²) in [5.74, 6) is 1.04. The van der Waals surface area contributed by atoms with Crippen LogP contribution in [0.3, 0.4) is 0 Å². The first-order valence-electron chi connectivity index (χ1n) is 6.65. The highest BCUT2D eigenvalue weighted by Gasteiger charge is 2.45. The fourth-order valence-electron chi connectivity index (χ4n) is 3.06. The van der Waals surface area contributed by atoms with Crippen LogP contribution in [0, 0.1) is 5.92 Å². The first kappa shape index (κ1) is 11.9. The molecule has 1 amide bonds. The van der Waals surface area contributed by atoms with Crippen LogP contribution in [0.2, 0.25) is 0 Å². The maximum atomic E-state index is 12.3. The molecule has 2 fully saturated rings. The van der Waals surface area contributed by atoms with Crippen LogP contribution in [0.4, 0.5) is 0 Å². The third-order valence-electron chi connectivity index (χ3n) is 4.36. The van der Waals surface area contributed by atoms with Gasteiger partial charge in [-0.1, -0.05) is 19.8 Å². The lowest BCUT2D eigenvalue weighted by Crippen LogP contribution is -2.43. The second kappa shape index (κ2) is 4.36. The maximum Gasteiger partial charge on any atom is 0.243 e. The van der Waals surface area contributed by atoms with E-state index < -0.39 is 0 Å². The average Bonchev–Trinajstić information content (AvgIpc) is 2.83. The number of carbonyl (C=O) groups excluding carboxylic acids is 1. The topological polar surface area (TPSA) is 32.3 Å². The van der Waals surface area contributed by atoms with Crippen molar-refractivity contribution in [2.24, 2.45) is 5.92 Å². The molecule has 0 radical (unpaired) electrons. The van der Waals surface area contributed by atoms with Gasteiger partial charge in [0.25, 0.3) is 0 Å². The zero-order chi connectivity index (χ0) is 11.8. The van der Waals surface area contributed by atoms with E-state index in [9.17, 15) is 4.79 Å². The lowest BCUT2D eigenvalue weighted by atomic mass is 9.99. The quantitative estimate of drug-likeness (QED) is 0.796. The lowest BCUT2D eigenvalue weighted by Gasteiger charge is -2.24. The van der Waals surface area contributed by atoms with Gasteiger partial charge in [-0.05, 0) is 39.0 Å². The van der Waals surface area contributed by atoms with Crippen molar-refractivity contribution in [1.29, 1.82) is 0 Å². The zero-order valence-corrected chi connectivity index (χ0v) is 10.8. The number of carbonyl (C=O) groups is 1. The van der Waals surface area contributed by atoms with Gasteiger partial charge in [-0.3, -0.25) is 10.1 Å². The van der Waals surface area contributed by atoms with Crippen molar-refractivity contribution in [1.82, 2.24) is 10.2 Å². The van der Waals surface area contributed by atoms with Crippen LogP contribution in [-0.2, 0) is 4.79 Å². The van der Waals surface area contributed by atoms with E-state index in [4.69, 9.17) is 0 Å². The summed E-state index contributed by atoms with van der Waals surface area (Å²) in [6.45, 7) is 7.17. The molecular formula is C13H24N2O. The summed E-state index contributed by atoms with van der Waals surface area (Å²) in [4.78, 5) is 14.4. The summed E-state index contributed by atoms with van der Waals surface area (Å²) < 4.78 is 0. The average molecular weight is 224 g/mol. The van der Waals surface area contributed by atoms with E-state index in [2.05, 4.69) is 24.1 Å². The smallest absolute Gasteiger partial charge is 0.243 e. The van der Waals surface area contributed by atoms with Crippen LogP contribution in [0.1, 0.15) is 52.9 Å². The van der Waals surface area contributed by atoms with Crippen molar-refractivity contribution in [2.75, 3.05) is 6.54 Å². The SMILES string of the molecule is CCC1(C)NC(C)N(CC2CCCC2)C1=O. The first-order chi connectivity index (χ1) is 7.57. The van der Waals surface area contributed by atoms with Crippen molar-refractivity contribution >= 4 is 5.91 Å². The molecule has 3 heteroatoms. The molecule has 1 heterocycles. The Bertz CT molecular complexity index is 273. The highest BCUT2D eigenvalue weighted by molar-refractivity contribution is 5.88. The Morgan fingerprint density at radius 1 is 1.44 bits per heavy atom. The van der Waals surface area contributed by atoms with Crippen LogP contribution in [0.15, 0.2) is 0 Å². The Kier molecular flexibility index (Phi) is 3.24. The van der Waals surface area contributed by atoms with Crippen LogP contribution in [0.5, 0.6) is 0 Å². The molecular weight excluding hydrogens is 200 g/mol. The Hall–Kier alpha value is -0.570. The molecule has 0 aromatic heterocycles. The molecule has 2 rings (SSSR count). The molecule has 1 saturated heterocycles. The van der Waals surface area contributed by atoms with E-state index in [1.807, 2.05) is 6.92 Å². The second-order valence-corrected chi connectivity index (χ2v) is 5.61. The highest BCUT2D eigenvalue weighted by Crippen LogP contribution is 2.29. The Morgan fingerprint density at radius 3 is 2.56 bits per heavy atom. The van der Waals surface area contributed by atoms with E-state index in [-0.39, 0.29) is 11.7 Å². The van der Waals surface area contributed by atoms with Gasteiger partial charge in [-0.2, -0.15) is 0 Å². The van der Waals surface area contributed by atoms with Crippen LogP contribution >= 0.6 is 0 Å². The molecule has 1 aliphatic carbocycles. The van der Waals surface area contributed by atoms with Crippen LogP contribution in [0.25, 0.3) is 0 Å². The molecule has 1 saturated carbocycles. The maximum absolute atomic E-state index is 12.3. The fourth-order valence-corrected chi connectivity index (χ4v) is 3.06. The molecule has 2 unspecified atom stereocenters. The number of nitrogens with one attached hydrogen (secondary N) is 1. The lowest BCUT2D eigenvalue weighted by molar-refractivity contribution is -0.133. The molecule has 0 spiro atoms. The molecule has 16 heavy (non-hydrogen) atoms. The molecule has 0 aromatic carbocycles. The van der Waals surface area contributed by atoms with Gasteiger partial charge in [0.2, 0.25) is 5.91 Å². The minimum Gasteiger partial charge on any atom is -0.326 e. The van der Waals surface area contributed by atoms with Crippen molar-refractivity contribution in [3.8, 4) is 0 Å². The number of nitrogens with zero attached hydrogens (tertiary/aromatic N) is 1. The molecule has 0 bridgehead atoms. The number of hydrogen-bond acceptors (Lipinski definition) is 2. The van der Waals surface area contributed by atoms with E-state index in [0.29, 0.717) is 5.91 Å². The second-order valence-electron chi connectivity index (χ2n) is 5.61. The molecule has 2 atom stereocenters. The highest BCUT2D eigenvalue weighted by atomic mass is 16.2. The molecule has 1 N–H and O–H groups in total. The largest absolute Gasteiger partial charge is 0.326 e. The summed E-state index contributed by atoms with van der Waals surface area (Å²) in [6, 6.07) is 0. The monoisotopic (exact) mass is 224 g/mol. The van der Waals surface area contributed by atoms with Crippen molar-refractivity contribution < 1.29 is 4.79 Å². The fraction of sp³-hybridized carbons (Fsp3) is 0.923. The van der Waals surface area contributed by atoms with Crippen LogP contribution in [-0.4, -0.2) is 29.1 Å². The van der Waals surface area contributed by atoms with Gasteiger partial charge in [0.15, 0.2) is 0 Å². The molecule has 3 nitrogen and oxygen atoms in total. The van der Waals surface area contributed by atoms with Gasteiger partial charge in [-0.15, -0.1) is 0 Å². The number of hydrogen-bond donors (Lipinski definition) is 1. The Balaban J connectivity index is 2.01. The molecule has 92 valence electrons. The number of amides is 1.